The van der Waals surface area contributed by atoms with Crippen LogP contribution in [-0.2, 0) is 0 Å². The summed E-state index contributed by atoms with van der Waals surface area (Å²) in [5.41, 5.74) is 4.27. The molecule has 1 aliphatic rings. The molecule has 2 aromatic carbocycles. The van der Waals surface area contributed by atoms with Crippen molar-refractivity contribution in [2.75, 3.05) is 33.2 Å². The largest absolute Gasteiger partial charge is 0.336 e. The van der Waals surface area contributed by atoms with Crippen molar-refractivity contribution in [3.63, 3.8) is 0 Å². The second-order valence-electron chi connectivity index (χ2n) is 7.34. The van der Waals surface area contributed by atoms with Gasteiger partial charge in [-0.05, 0) is 37.4 Å². The molecule has 8 heteroatoms. The van der Waals surface area contributed by atoms with E-state index >= 15 is 0 Å². The van der Waals surface area contributed by atoms with Crippen LogP contribution in [0.3, 0.4) is 0 Å². The van der Waals surface area contributed by atoms with Gasteiger partial charge in [-0.2, -0.15) is 10.2 Å². The molecule has 2 aromatic heterocycles. The van der Waals surface area contributed by atoms with Crippen molar-refractivity contribution in [3.05, 3.63) is 54.4 Å². The van der Waals surface area contributed by atoms with Crippen LogP contribution in [0.1, 0.15) is 10.4 Å². The highest BCUT2D eigenvalue weighted by molar-refractivity contribution is 5.99. The minimum Gasteiger partial charge on any atom is -0.336 e. The number of hydrogen-bond acceptors (Lipinski definition) is 5. The number of rotatable bonds is 3. The first kappa shape index (κ1) is 17.6. The van der Waals surface area contributed by atoms with E-state index in [1.54, 1.807) is 0 Å². The van der Waals surface area contributed by atoms with Crippen molar-refractivity contribution < 1.29 is 4.79 Å². The van der Waals surface area contributed by atoms with E-state index in [4.69, 9.17) is 0 Å². The Hall–Kier alpha value is -3.52. The molecule has 0 radical (unpaired) electrons. The Bertz CT molecular complexity index is 1160. The Kier molecular flexibility index (Phi) is 4.33. The summed E-state index contributed by atoms with van der Waals surface area (Å²) in [7, 11) is 2.08. The van der Waals surface area contributed by atoms with Crippen molar-refractivity contribution >= 4 is 16.8 Å². The molecule has 4 aromatic rings. The van der Waals surface area contributed by atoms with E-state index in [0.717, 1.165) is 53.9 Å². The van der Waals surface area contributed by atoms with Gasteiger partial charge in [0, 0.05) is 48.3 Å². The molecule has 3 heterocycles. The smallest absolute Gasteiger partial charge is 0.253 e. The lowest BCUT2D eigenvalue weighted by Gasteiger charge is -2.32. The molecular weight excluding hydrogens is 366 g/mol. The summed E-state index contributed by atoms with van der Waals surface area (Å²) in [6.07, 6.45) is 1.49. The van der Waals surface area contributed by atoms with E-state index in [1.165, 1.54) is 6.33 Å². The molecule has 2 N–H and O–H groups in total. The highest BCUT2D eigenvalue weighted by atomic mass is 16.2. The monoisotopic (exact) mass is 387 g/mol. The van der Waals surface area contributed by atoms with E-state index in [-0.39, 0.29) is 5.91 Å². The highest BCUT2D eigenvalue weighted by Gasteiger charge is 2.21. The SMILES string of the molecule is CN1CCN(C(=O)c2cccc(-c3n[nH]c4ccc(-c5ncn[nH]5)cc34)c2)CC1. The van der Waals surface area contributed by atoms with Crippen molar-refractivity contribution in [1.29, 1.82) is 0 Å². The predicted molar refractivity (Wildman–Crippen MR) is 110 cm³/mol. The fourth-order valence-electron chi connectivity index (χ4n) is 3.72. The highest BCUT2D eigenvalue weighted by Crippen LogP contribution is 2.30. The third-order valence-corrected chi connectivity index (χ3v) is 5.42. The Morgan fingerprint density at radius 3 is 2.66 bits per heavy atom. The first-order valence-corrected chi connectivity index (χ1v) is 9.61. The van der Waals surface area contributed by atoms with Gasteiger partial charge in [0.25, 0.3) is 5.91 Å². The number of piperazine rings is 1. The number of hydrogen-bond donors (Lipinski definition) is 2. The molecule has 146 valence electrons. The third kappa shape index (κ3) is 3.27. The van der Waals surface area contributed by atoms with Gasteiger partial charge in [0.1, 0.15) is 6.33 Å². The van der Waals surface area contributed by atoms with Gasteiger partial charge in [-0.15, -0.1) is 0 Å². The molecule has 1 fully saturated rings. The maximum absolute atomic E-state index is 13.0. The molecular formula is C21H21N7O. The van der Waals surface area contributed by atoms with Crippen LogP contribution in [-0.4, -0.2) is 74.3 Å². The van der Waals surface area contributed by atoms with Gasteiger partial charge in [0.05, 0.1) is 11.2 Å². The van der Waals surface area contributed by atoms with Gasteiger partial charge in [-0.1, -0.05) is 12.1 Å². The van der Waals surface area contributed by atoms with Gasteiger partial charge in [0.15, 0.2) is 5.82 Å². The number of fused-ring (bicyclic) bond motifs is 1. The molecule has 0 atom stereocenters. The van der Waals surface area contributed by atoms with Crippen LogP contribution >= 0.6 is 0 Å². The first-order valence-electron chi connectivity index (χ1n) is 9.61. The topological polar surface area (TPSA) is 93.8 Å². The fraction of sp³-hybridized carbons (Fsp3) is 0.238. The van der Waals surface area contributed by atoms with Crippen molar-refractivity contribution in [2.24, 2.45) is 0 Å². The van der Waals surface area contributed by atoms with E-state index in [2.05, 4.69) is 37.3 Å². The summed E-state index contributed by atoms with van der Waals surface area (Å²) >= 11 is 0. The van der Waals surface area contributed by atoms with E-state index in [1.807, 2.05) is 47.4 Å². The predicted octanol–water partition coefficient (Wildman–Crippen LogP) is 2.40. The number of amides is 1. The van der Waals surface area contributed by atoms with E-state index < -0.39 is 0 Å². The van der Waals surface area contributed by atoms with Crippen LogP contribution in [0.4, 0.5) is 0 Å². The number of benzene rings is 2. The van der Waals surface area contributed by atoms with Crippen molar-refractivity contribution in [2.45, 2.75) is 0 Å². The zero-order valence-electron chi connectivity index (χ0n) is 16.1. The number of aromatic nitrogens is 5. The first-order chi connectivity index (χ1) is 14.2. The standard InChI is InChI=1S/C21H21N7O/c1-27-7-9-28(10-8-27)21(29)16-4-2-3-14(11-16)19-17-12-15(20-22-13-23-26-20)5-6-18(17)24-25-19/h2-6,11-13H,7-10H2,1H3,(H,24,25)(H,22,23,26). The lowest BCUT2D eigenvalue weighted by Crippen LogP contribution is -2.47. The van der Waals surface area contributed by atoms with Crippen LogP contribution in [0.2, 0.25) is 0 Å². The Balaban J connectivity index is 1.50. The zero-order valence-corrected chi connectivity index (χ0v) is 16.1. The molecule has 1 amide bonds. The molecule has 29 heavy (non-hydrogen) atoms. The van der Waals surface area contributed by atoms with Gasteiger partial charge < -0.3 is 9.80 Å². The summed E-state index contributed by atoms with van der Waals surface area (Å²) in [5, 5.41) is 15.4. The van der Waals surface area contributed by atoms with Gasteiger partial charge in [-0.3, -0.25) is 15.0 Å². The number of carbonyl (C=O) groups is 1. The summed E-state index contributed by atoms with van der Waals surface area (Å²) in [5.74, 6) is 0.778. The molecule has 1 saturated heterocycles. The van der Waals surface area contributed by atoms with Crippen LogP contribution in [0.5, 0.6) is 0 Å². The number of nitrogens with one attached hydrogen (secondary N) is 2. The fourth-order valence-corrected chi connectivity index (χ4v) is 3.72. The Morgan fingerprint density at radius 1 is 1.00 bits per heavy atom. The molecule has 0 spiro atoms. The lowest BCUT2D eigenvalue weighted by atomic mass is 10.0. The van der Waals surface area contributed by atoms with Crippen molar-refractivity contribution in [3.8, 4) is 22.6 Å². The third-order valence-electron chi connectivity index (χ3n) is 5.42. The molecule has 8 nitrogen and oxygen atoms in total. The molecule has 1 aliphatic heterocycles. The lowest BCUT2D eigenvalue weighted by molar-refractivity contribution is 0.0664. The zero-order chi connectivity index (χ0) is 19.8. The summed E-state index contributed by atoms with van der Waals surface area (Å²) < 4.78 is 0. The van der Waals surface area contributed by atoms with Crippen LogP contribution < -0.4 is 0 Å². The van der Waals surface area contributed by atoms with Crippen LogP contribution in [0, 0.1) is 0 Å². The van der Waals surface area contributed by atoms with Crippen LogP contribution in [0.25, 0.3) is 33.5 Å². The van der Waals surface area contributed by atoms with Crippen LogP contribution in [0.15, 0.2) is 48.8 Å². The number of nitrogens with zero attached hydrogens (tertiary/aromatic N) is 5. The maximum Gasteiger partial charge on any atom is 0.253 e. The average Bonchev–Trinajstić information content (AvgIpc) is 3.43. The minimum absolute atomic E-state index is 0.0714. The number of aromatic amines is 2. The molecule has 0 saturated carbocycles. The van der Waals surface area contributed by atoms with Gasteiger partial charge in [0.2, 0.25) is 0 Å². The van der Waals surface area contributed by atoms with Gasteiger partial charge >= 0.3 is 0 Å². The van der Waals surface area contributed by atoms with Gasteiger partial charge in [-0.25, -0.2) is 4.98 Å². The Morgan fingerprint density at radius 2 is 1.86 bits per heavy atom. The normalized spacial score (nSPS) is 15.1. The maximum atomic E-state index is 13.0. The second-order valence-corrected chi connectivity index (χ2v) is 7.34. The molecule has 0 aliphatic carbocycles. The summed E-state index contributed by atoms with van der Waals surface area (Å²) in [6.45, 7) is 3.32. The average molecular weight is 387 g/mol. The van der Waals surface area contributed by atoms with Crippen molar-refractivity contribution in [1.82, 2.24) is 35.2 Å². The molecule has 5 rings (SSSR count). The molecule has 0 unspecified atom stereocenters. The van der Waals surface area contributed by atoms with E-state index in [0.29, 0.717) is 11.4 Å². The Labute approximate surface area is 167 Å². The number of likely N-dealkylation sites (N-methyl/N-ethyl adjacent to an activating group) is 1. The number of H-pyrrole nitrogens is 2. The summed E-state index contributed by atoms with van der Waals surface area (Å²) in [4.78, 5) is 21.3. The summed E-state index contributed by atoms with van der Waals surface area (Å²) in [6, 6.07) is 13.7. The second kappa shape index (κ2) is 7.14. The molecule has 0 bridgehead atoms. The minimum atomic E-state index is 0.0714. The quantitative estimate of drug-likeness (QED) is 0.563. The number of carbonyl (C=O) groups excluding carboxylic acids is 1. The van der Waals surface area contributed by atoms with E-state index in [9.17, 15) is 4.79 Å².